The van der Waals surface area contributed by atoms with Gasteiger partial charge < -0.3 is 4.74 Å². The number of allylic oxidation sites excluding steroid dienone is 2. The molecule has 0 radical (unpaired) electrons. The lowest BCUT2D eigenvalue weighted by molar-refractivity contribution is -0.120. The molecule has 2 aliphatic heterocycles. The number of aliphatic imine (C=N–C) groups is 1. The molecule has 1 aromatic carbocycles. The van der Waals surface area contributed by atoms with E-state index in [4.69, 9.17) is 10.00 Å². The van der Waals surface area contributed by atoms with Crippen molar-refractivity contribution >= 4 is 17.4 Å². The highest BCUT2D eigenvalue weighted by molar-refractivity contribution is 6.00. The lowest BCUT2D eigenvalue weighted by atomic mass is 10.0. The summed E-state index contributed by atoms with van der Waals surface area (Å²) in [5, 5.41) is 13.3. The minimum atomic E-state index is -0.231. The third kappa shape index (κ3) is 3.19. The Morgan fingerprint density at radius 3 is 2.92 bits per heavy atom. The number of nitrogens with zero attached hydrogens (tertiary/aromatic N) is 3. The third-order valence-electron chi connectivity index (χ3n) is 4.23. The standard InChI is InChI=1S/C18H17N5O2/c19-9-11-25-14-7-5-12(6-8-14)15-2-1-10-23-16(15)20-18(22-23)21-17(24)13-3-4-13/h1-2,5-8,10,13,16H,3-4,11H2,(H2,20,21,22,24). The Kier molecular flexibility index (Phi) is 3.86. The van der Waals surface area contributed by atoms with Gasteiger partial charge in [0.05, 0.1) is 0 Å². The number of hydrogen-bond acceptors (Lipinski definition) is 6. The molecule has 1 aromatic rings. The first-order chi connectivity index (χ1) is 12.2. The van der Waals surface area contributed by atoms with E-state index in [0.717, 1.165) is 24.0 Å². The topological polar surface area (TPSA) is 89.8 Å². The smallest absolute Gasteiger partial charge is 0.229 e. The quantitative estimate of drug-likeness (QED) is 0.871. The third-order valence-corrected chi connectivity index (χ3v) is 4.23. The van der Waals surface area contributed by atoms with E-state index in [1.165, 1.54) is 0 Å². The Hall–Kier alpha value is -3.27. The summed E-state index contributed by atoms with van der Waals surface area (Å²) in [4.78, 5) is 16.5. The number of hydrogen-bond donors (Lipinski definition) is 2. The Balaban J connectivity index is 1.50. The second-order valence-corrected chi connectivity index (χ2v) is 6.07. The number of nitriles is 1. The van der Waals surface area contributed by atoms with Crippen molar-refractivity contribution in [3.63, 3.8) is 0 Å². The first-order valence-corrected chi connectivity index (χ1v) is 8.17. The van der Waals surface area contributed by atoms with Crippen molar-refractivity contribution in [1.29, 1.82) is 5.26 Å². The molecule has 7 nitrogen and oxygen atoms in total. The van der Waals surface area contributed by atoms with Crippen molar-refractivity contribution in [3.05, 3.63) is 48.2 Å². The summed E-state index contributed by atoms with van der Waals surface area (Å²) in [6.07, 6.45) is 7.50. The van der Waals surface area contributed by atoms with Crippen LogP contribution < -0.4 is 15.5 Å². The molecule has 126 valence electrons. The number of amides is 1. The van der Waals surface area contributed by atoms with Crippen LogP contribution >= 0.6 is 0 Å². The lowest BCUT2D eigenvalue weighted by Gasteiger charge is -2.26. The van der Waals surface area contributed by atoms with Gasteiger partial charge in [-0.15, -0.1) is 0 Å². The minimum absolute atomic E-state index is 0.0272. The van der Waals surface area contributed by atoms with Gasteiger partial charge in [-0.05, 0) is 36.6 Å². The lowest BCUT2D eigenvalue weighted by Crippen LogP contribution is -2.45. The van der Waals surface area contributed by atoms with Crippen LogP contribution in [-0.4, -0.2) is 29.6 Å². The van der Waals surface area contributed by atoms with E-state index in [0.29, 0.717) is 11.7 Å². The summed E-state index contributed by atoms with van der Waals surface area (Å²) >= 11 is 0. The van der Waals surface area contributed by atoms with Gasteiger partial charge in [-0.3, -0.25) is 20.5 Å². The number of carbonyl (C=O) groups excluding carboxylic acids is 1. The van der Waals surface area contributed by atoms with Crippen LogP contribution in [0.25, 0.3) is 5.57 Å². The van der Waals surface area contributed by atoms with Gasteiger partial charge in [-0.2, -0.15) is 5.26 Å². The van der Waals surface area contributed by atoms with Gasteiger partial charge in [0.15, 0.2) is 12.8 Å². The monoisotopic (exact) mass is 335 g/mol. The molecule has 1 unspecified atom stereocenters. The van der Waals surface area contributed by atoms with Gasteiger partial charge in [0, 0.05) is 17.7 Å². The highest BCUT2D eigenvalue weighted by atomic mass is 16.5. The summed E-state index contributed by atoms with van der Waals surface area (Å²) in [5.41, 5.74) is 5.12. The predicted octanol–water partition coefficient (Wildman–Crippen LogP) is 1.53. The van der Waals surface area contributed by atoms with Crippen molar-refractivity contribution < 1.29 is 9.53 Å². The second kappa shape index (κ2) is 6.32. The average Bonchev–Trinajstić information content (AvgIpc) is 3.40. The number of ether oxygens (including phenoxy) is 1. The van der Waals surface area contributed by atoms with Crippen LogP contribution in [0, 0.1) is 17.2 Å². The van der Waals surface area contributed by atoms with Gasteiger partial charge in [-0.25, -0.2) is 4.99 Å². The van der Waals surface area contributed by atoms with E-state index in [9.17, 15) is 4.79 Å². The Morgan fingerprint density at radius 2 is 2.20 bits per heavy atom. The van der Waals surface area contributed by atoms with Crippen LogP contribution in [0.15, 0.2) is 47.6 Å². The molecule has 0 saturated heterocycles. The maximum absolute atomic E-state index is 11.9. The van der Waals surface area contributed by atoms with E-state index >= 15 is 0 Å². The summed E-state index contributed by atoms with van der Waals surface area (Å²) in [5.74, 6) is 1.29. The highest BCUT2D eigenvalue weighted by Crippen LogP contribution is 2.31. The number of rotatable bonds is 4. The second-order valence-electron chi connectivity index (χ2n) is 6.07. The normalized spacial score (nSPS) is 20.8. The fourth-order valence-electron chi connectivity index (χ4n) is 2.79. The van der Waals surface area contributed by atoms with Gasteiger partial charge in [0.25, 0.3) is 0 Å². The maximum atomic E-state index is 11.9. The number of nitrogens with one attached hydrogen (secondary N) is 2. The molecule has 0 aromatic heterocycles. The molecule has 25 heavy (non-hydrogen) atoms. The van der Waals surface area contributed by atoms with Crippen molar-refractivity contribution in [1.82, 2.24) is 15.8 Å². The average molecular weight is 335 g/mol. The predicted molar refractivity (Wildman–Crippen MR) is 91.7 cm³/mol. The zero-order valence-electron chi connectivity index (χ0n) is 13.5. The molecule has 2 heterocycles. The minimum Gasteiger partial charge on any atom is -0.479 e. The van der Waals surface area contributed by atoms with Crippen molar-refractivity contribution in [3.8, 4) is 11.8 Å². The molecule has 1 aliphatic carbocycles. The molecule has 1 saturated carbocycles. The van der Waals surface area contributed by atoms with Crippen LogP contribution in [0.2, 0.25) is 0 Å². The maximum Gasteiger partial charge on any atom is 0.229 e. The van der Waals surface area contributed by atoms with Gasteiger partial charge >= 0.3 is 0 Å². The molecule has 2 N–H and O–H groups in total. The molecule has 0 spiro atoms. The van der Waals surface area contributed by atoms with Gasteiger partial charge in [0.2, 0.25) is 11.9 Å². The number of hydrazine groups is 1. The number of fused-ring (bicyclic) bond motifs is 1. The molecule has 1 atom stereocenters. The van der Waals surface area contributed by atoms with Crippen LogP contribution in [0.5, 0.6) is 5.75 Å². The first kappa shape index (κ1) is 15.3. The molecule has 3 aliphatic rings. The summed E-state index contributed by atoms with van der Waals surface area (Å²) in [6, 6.07) is 9.48. The van der Waals surface area contributed by atoms with Crippen LogP contribution in [0.1, 0.15) is 18.4 Å². The fraction of sp³-hybridized carbons (Fsp3) is 0.278. The molecular formula is C18H17N5O2. The van der Waals surface area contributed by atoms with E-state index < -0.39 is 0 Å². The largest absolute Gasteiger partial charge is 0.479 e. The Bertz CT molecular complexity index is 815. The van der Waals surface area contributed by atoms with E-state index in [1.807, 2.05) is 53.7 Å². The summed E-state index contributed by atoms with van der Waals surface area (Å²) < 4.78 is 5.28. The first-order valence-electron chi connectivity index (χ1n) is 8.17. The van der Waals surface area contributed by atoms with Gasteiger partial charge in [0.1, 0.15) is 11.8 Å². The van der Waals surface area contributed by atoms with Crippen molar-refractivity contribution in [2.24, 2.45) is 10.9 Å². The Labute approximate surface area is 145 Å². The summed E-state index contributed by atoms with van der Waals surface area (Å²) in [6.45, 7) is 0.0272. The number of carbonyl (C=O) groups is 1. The van der Waals surface area contributed by atoms with Crippen LogP contribution in [0.3, 0.4) is 0 Å². The van der Waals surface area contributed by atoms with E-state index in [1.54, 1.807) is 0 Å². The number of benzene rings is 1. The van der Waals surface area contributed by atoms with E-state index in [2.05, 4.69) is 15.7 Å². The fourth-order valence-corrected chi connectivity index (χ4v) is 2.79. The molecule has 1 fully saturated rings. The zero-order chi connectivity index (χ0) is 17.2. The van der Waals surface area contributed by atoms with Crippen LogP contribution in [0.4, 0.5) is 0 Å². The van der Waals surface area contributed by atoms with Crippen molar-refractivity contribution in [2.75, 3.05) is 6.61 Å². The molecule has 0 bridgehead atoms. The zero-order valence-corrected chi connectivity index (χ0v) is 13.5. The van der Waals surface area contributed by atoms with Gasteiger partial charge in [-0.1, -0.05) is 18.2 Å². The van der Waals surface area contributed by atoms with Crippen molar-refractivity contribution in [2.45, 2.75) is 19.0 Å². The number of guanidine groups is 1. The van der Waals surface area contributed by atoms with E-state index in [-0.39, 0.29) is 24.6 Å². The molecule has 1 amide bonds. The van der Waals surface area contributed by atoms with Crippen LogP contribution in [-0.2, 0) is 4.79 Å². The highest BCUT2D eigenvalue weighted by Gasteiger charge is 2.34. The molecule has 7 heteroatoms. The molecule has 4 rings (SSSR count). The molecular weight excluding hydrogens is 318 g/mol. The Morgan fingerprint density at radius 1 is 1.40 bits per heavy atom. The summed E-state index contributed by atoms with van der Waals surface area (Å²) in [7, 11) is 0. The SMILES string of the molecule is N#CCOc1ccc(C2=CC=CN3NC(NC(=O)C4CC4)=NC23)cc1.